The average Bonchev–Trinajstić information content (AvgIpc) is 2.98. The lowest BCUT2D eigenvalue weighted by molar-refractivity contribution is 0.316. The highest BCUT2D eigenvalue weighted by molar-refractivity contribution is 5.87. The van der Waals surface area contributed by atoms with E-state index in [0.29, 0.717) is 0 Å². The first kappa shape index (κ1) is 13.5. The molecule has 0 saturated carbocycles. The fraction of sp³-hybridized carbons (Fsp3) is 0.500. The van der Waals surface area contributed by atoms with E-state index in [1.165, 1.54) is 18.5 Å². The lowest BCUT2D eigenvalue weighted by Crippen LogP contribution is -2.35. The third-order valence-electron chi connectivity index (χ3n) is 3.56. The zero-order valence-corrected chi connectivity index (χ0v) is 11.3. The highest BCUT2D eigenvalue weighted by Crippen LogP contribution is 2.22. The number of nitrogens with two attached hydrogens (primary N) is 1. The maximum atomic E-state index is 8.72. The second kappa shape index (κ2) is 6.31. The minimum absolute atomic E-state index is 0.136. The summed E-state index contributed by atoms with van der Waals surface area (Å²) in [4.78, 5) is 2.39. The Morgan fingerprint density at radius 2 is 2.00 bits per heavy atom. The highest BCUT2D eigenvalue weighted by atomic mass is 16.4. The molecule has 104 valence electrons. The molecule has 1 aromatic rings. The number of amidine groups is 1. The van der Waals surface area contributed by atoms with Crippen LogP contribution in [0.3, 0.4) is 0 Å². The summed E-state index contributed by atoms with van der Waals surface area (Å²) in [5.41, 5.74) is 7.89. The van der Waals surface area contributed by atoms with Crippen molar-refractivity contribution in [1.82, 2.24) is 0 Å². The quantitative estimate of drug-likeness (QED) is 0.329. The Balaban J connectivity index is 2.01. The van der Waals surface area contributed by atoms with E-state index in [1.54, 1.807) is 0 Å². The van der Waals surface area contributed by atoms with Crippen molar-refractivity contribution in [1.29, 1.82) is 0 Å². The molecule has 5 nitrogen and oxygen atoms in total. The van der Waals surface area contributed by atoms with Crippen molar-refractivity contribution in [3.8, 4) is 0 Å². The van der Waals surface area contributed by atoms with E-state index in [4.69, 9.17) is 10.9 Å². The molecule has 1 fully saturated rings. The molecule has 1 saturated heterocycles. The third-order valence-corrected chi connectivity index (χ3v) is 3.56. The van der Waals surface area contributed by atoms with Crippen LogP contribution >= 0.6 is 0 Å². The van der Waals surface area contributed by atoms with E-state index in [-0.39, 0.29) is 11.9 Å². The first-order valence-corrected chi connectivity index (χ1v) is 6.83. The Hall–Kier alpha value is -1.91. The summed E-state index contributed by atoms with van der Waals surface area (Å²) in [7, 11) is 0. The van der Waals surface area contributed by atoms with Gasteiger partial charge < -0.3 is 21.2 Å². The Bertz CT molecular complexity index is 424. The Labute approximate surface area is 114 Å². The molecule has 0 amide bonds. The SMILES string of the molecule is CCC(Nc1ccc(N2CCCC2)cc1)C(N)=NO. The smallest absolute Gasteiger partial charge is 0.161 e. The molecule has 0 radical (unpaired) electrons. The molecule has 0 bridgehead atoms. The lowest BCUT2D eigenvalue weighted by Gasteiger charge is -2.20. The minimum Gasteiger partial charge on any atom is -0.409 e. The molecule has 1 aliphatic rings. The van der Waals surface area contributed by atoms with Gasteiger partial charge in [-0.3, -0.25) is 0 Å². The molecule has 0 aliphatic carbocycles. The fourth-order valence-corrected chi connectivity index (χ4v) is 2.40. The number of anilines is 2. The maximum Gasteiger partial charge on any atom is 0.161 e. The number of rotatable bonds is 5. The zero-order valence-electron chi connectivity index (χ0n) is 11.3. The standard InChI is InChI=1S/C14H22N4O/c1-2-13(14(15)17-19)16-11-5-7-12(8-6-11)18-9-3-4-10-18/h5-8,13,16,19H,2-4,9-10H2,1H3,(H2,15,17). The van der Waals surface area contributed by atoms with Gasteiger partial charge in [-0.1, -0.05) is 12.1 Å². The van der Waals surface area contributed by atoms with Crippen LogP contribution in [0.15, 0.2) is 29.4 Å². The monoisotopic (exact) mass is 262 g/mol. The van der Waals surface area contributed by atoms with Crippen LogP contribution < -0.4 is 16.0 Å². The van der Waals surface area contributed by atoms with Crippen LogP contribution in [-0.4, -0.2) is 30.2 Å². The molecule has 4 N–H and O–H groups in total. The van der Waals surface area contributed by atoms with Gasteiger partial charge in [-0.05, 0) is 43.5 Å². The van der Waals surface area contributed by atoms with Gasteiger partial charge in [0.2, 0.25) is 0 Å². The van der Waals surface area contributed by atoms with Gasteiger partial charge in [0.1, 0.15) is 0 Å². The second-order valence-corrected chi connectivity index (χ2v) is 4.87. The van der Waals surface area contributed by atoms with E-state index in [0.717, 1.165) is 25.2 Å². The number of nitrogens with zero attached hydrogens (tertiary/aromatic N) is 2. The fourth-order valence-electron chi connectivity index (χ4n) is 2.40. The number of hydrogen-bond donors (Lipinski definition) is 3. The van der Waals surface area contributed by atoms with Crippen LogP contribution in [0.4, 0.5) is 11.4 Å². The van der Waals surface area contributed by atoms with E-state index in [2.05, 4.69) is 27.5 Å². The van der Waals surface area contributed by atoms with Crippen LogP contribution in [0.2, 0.25) is 0 Å². The van der Waals surface area contributed by atoms with Crippen molar-refractivity contribution >= 4 is 17.2 Å². The molecule has 0 spiro atoms. The molecular weight excluding hydrogens is 240 g/mol. The van der Waals surface area contributed by atoms with Gasteiger partial charge in [0.05, 0.1) is 6.04 Å². The van der Waals surface area contributed by atoms with E-state index < -0.39 is 0 Å². The summed E-state index contributed by atoms with van der Waals surface area (Å²) in [6, 6.07) is 8.18. The summed E-state index contributed by atoms with van der Waals surface area (Å²) in [5, 5.41) is 15.0. The van der Waals surface area contributed by atoms with Crippen molar-refractivity contribution in [3.63, 3.8) is 0 Å². The predicted octanol–water partition coefficient (Wildman–Crippen LogP) is 2.22. The number of hydrogen-bond acceptors (Lipinski definition) is 4. The Kier molecular flexibility index (Phi) is 4.49. The van der Waals surface area contributed by atoms with Crippen molar-refractivity contribution in [2.75, 3.05) is 23.3 Å². The van der Waals surface area contributed by atoms with Gasteiger partial charge in [-0.25, -0.2) is 0 Å². The maximum absolute atomic E-state index is 8.72. The summed E-state index contributed by atoms with van der Waals surface area (Å²) in [6.45, 7) is 4.29. The number of oxime groups is 1. The molecule has 5 heteroatoms. The summed E-state index contributed by atoms with van der Waals surface area (Å²) < 4.78 is 0. The normalized spacial score (nSPS) is 17.5. The molecule has 2 rings (SSSR count). The largest absolute Gasteiger partial charge is 0.409 e. The first-order valence-electron chi connectivity index (χ1n) is 6.83. The van der Waals surface area contributed by atoms with Crippen molar-refractivity contribution < 1.29 is 5.21 Å². The zero-order chi connectivity index (χ0) is 13.7. The number of benzene rings is 1. The predicted molar refractivity (Wildman–Crippen MR) is 79.0 cm³/mol. The summed E-state index contributed by atoms with van der Waals surface area (Å²) in [5.74, 6) is 0.214. The van der Waals surface area contributed by atoms with Crippen molar-refractivity contribution in [3.05, 3.63) is 24.3 Å². The van der Waals surface area contributed by atoms with Gasteiger partial charge in [-0.2, -0.15) is 0 Å². The first-order chi connectivity index (χ1) is 9.24. The molecule has 1 atom stereocenters. The van der Waals surface area contributed by atoms with Gasteiger partial charge in [-0.15, -0.1) is 0 Å². The van der Waals surface area contributed by atoms with Crippen molar-refractivity contribution in [2.24, 2.45) is 10.9 Å². The van der Waals surface area contributed by atoms with E-state index >= 15 is 0 Å². The Morgan fingerprint density at radius 1 is 1.37 bits per heavy atom. The van der Waals surface area contributed by atoms with Crippen LogP contribution in [0.1, 0.15) is 26.2 Å². The molecule has 1 aromatic carbocycles. The minimum atomic E-state index is -0.136. The average molecular weight is 262 g/mol. The highest BCUT2D eigenvalue weighted by Gasteiger charge is 2.13. The molecule has 1 unspecified atom stereocenters. The molecule has 1 aliphatic heterocycles. The topological polar surface area (TPSA) is 73.9 Å². The Morgan fingerprint density at radius 3 is 2.53 bits per heavy atom. The van der Waals surface area contributed by atoms with Gasteiger partial charge in [0.15, 0.2) is 5.84 Å². The molecular formula is C14H22N4O. The molecule has 1 heterocycles. The second-order valence-electron chi connectivity index (χ2n) is 4.87. The van der Waals surface area contributed by atoms with Crippen LogP contribution in [0.25, 0.3) is 0 Å². The lowest BCUT2D eigenvalue weighted by atomic mass is 10.2. The van der Waals surface area contributed by atoms with E-state index in [1.807, 2.05) is 19.1 Å². The third kappa shape index (κ3) is 3.30. The number of nitrogens with one attached hydrogen (secondary N) is 1. The molecule has 0 aromatic heterocycles. The van der Waals surface area contributed by atoms with Crippen LogP contribution in [0.5, 0.6) is 0 Å². The molecule has 19 heavy (non-hydrogen) atoms. The van der Waals surface area contributed by atoms with Crippen LogP contribution in [0, 0.1) is 0 Å². The van der Waals surface area contributed by atoms with Gasteiger partial charge in [0, 0.05) is 24.5 Å². The summed E-state index contributed by atoms with van der Waals surface area (Å²) >= 11 is 0. The van der Waals surface area contributed by atoms with Gasteiger partial charge in [0.25, 0.3) is 0 Å². The van der Waals surface area contributed by atoms with E-state index in [9.17, 15) is 0 Å². The van der Waals surface area contributed by atoms with Crippen LogP contribution in [-0.2, 0) is 0 Å². The van der Waals surface area contributed by atoms with Gasteiger partial charge >= 0.3 is 0 Å². The summed E-state index contributed by atoms with van der Waals surface area (Å²) in [6.07, 6.45) is 3.33. The van der Waals surface area contributed by atoms with Crippen molar-refractivity contribution in [2.45, 2.75) is 32.2 Å².